The van der Waals surface area contributed by atoms with Crippen LogP contribution in [0.4, 0.5) is 0 Å². The molecule has 33 heavy (non-hydrogen) atoms. The molecule has 0 amide bonds. The van der Waals surface area contributed by atoms with Crippen LogP contribution < -0.4 is 5.32 Å². The fraction of sp³-hybridized carbons (Fsp3) is 0.320. The second kappa shape index (κ2) is 9.87. The largest absolute Gasteiger partial charge is 0.364 e. The maximum Gasteiger partial charge on any atom is 0.194 e. The van der Waals surface area contributed by atoms with Gasteiger partial charge in [-0.05, 0) is 23.3 Å². The van der Waals surface area contributed by atoms with Gasteiger partial charge in [0.25, 0.3) is 0 Å². The van der Waals surface area contributed by atoms with E-state index in [4.69, 9.17) is 4.52 Å². The lowest BCUT2D eigenvalue weighted by Crippen LogP contribution is -2.52. The third kappa shape index (κ3) is 5.06. The van der Waals surface area contributed by atoms with E-state index in [-0.39, 0.29) is 0 Å². The number of hydrogen-bond acceptors (Lipinski definition) is 5. The highest BCUT2D eigenvalue weighted by Gasteiger charge is 2.20. The quantitative estimate of drug-likeness (QED) is 0.365. The number of imidazole rings is 1. The number of guanidine groups is 1. The van der Waals surface area contributed by atoms with Crippen LogP contribution in [0.2, 0.25) is 0 Å². The Hall–Kier alpha value is -3.65. The molecule has 8 nitrogen and oxygen atoms in total. The van der Waals surface area contributed by atoms with Crippen molar-refractivity contribution in [3.8, 4) is 0 Å². The topological polar surface area (TPSA) is 74.7 Å². The van der Waals surface area contributed by atoms with E-state index >= 15 is 0 Å². The molecule has 0 atom stereocenters. The molecule has 0 radical (unpaired) electrons. The molecular weight excluding hydrogens is 414 g/mol. The van der Waals surface area contributed by atoms with E-state index in [0.29, 0.717) is 0 Å². The van der Waals surface area contributed by atoms with Gasteiger partial charge >= 0.3 is 0 Å². The van der Waals surface area contributed by atoms with Gasteiger partial charge in [-0.3, -0.25) is 9.89 Å². The lowest BCUT2D eigenvalue weighted by atomic mass is 10.1. The van der Waals surface area contributed by atoms with E-state index in [9.17, 15) is 0 Å². The van der Waals surface area contributed by atoms with Crippen molar-refractivity contribution < 1.29 is 4.52 Å². The normalized spacial score (nSPS) is 15.3. The van der Waals surface area contributed by atoms with Gasteiger partial charge in [0.2, 0.25) is 0 Å². The molecule has 1 fully saturated rings. The lowest BCUT2D eigenvalue weighted by molar-refractivity contribution is 0.169. The highest BCUT2D eigenvalue weighted by Crippen LogP contribution is 2.15. The van der Waals surface area contributed by atoms with E-state index < -0.39 is 0 Å². The predicted octanol–water partition coefficient (Wildman–Crippen LogP) is 2.97. The van der Waals surface area contributed by atoms with Crippen molar-refractivity contribution in [2.24, 2.45) is 4.99 Å². The minimum Gasteiger partial charge on any atom is -0.364 e. The van der Waals surface area contributed by atoms with Gasteiger partial charge in [0, 0.05) is 58.9 Å². The number of nitrogens with one attached hydrogen (secondary N) is 1. The highest BCUT2D eigenvalue weighted by molar-refractivity contribution is 5.80. The summed E-state index contributed by atoms with van der Waals surface area (Å²) < 4.78 is 7.12. The molecule has 0 aliphatic carbocycles. The number of hydrogen-bond donors (Lipinski definition) is 1. The summed E-state index contributed by atoms with van der Waals surface area (Å²) in [4.78, 5) is 13.7. The maximum absolute atomic E-state index is 4.94. The van der Waals surface area contributed by atoms with Crippen LogP contribution in [0.5, 0.6) is 0 Å². The number of rotatable bonds is 6. The Kier molecular flexibility index (Phi) is 6.34. The third-order valence-electron chi connectivity index (χ3n) is 6.11. The molecule has 4 aromatic rings. The summed E-state index contributed by atoms with van der Waals surface area (Å²) in [7, 11) is 1.85. The van der Waals surface area contributed by atoms with Crippen molar-refractivity contribution in [3.05, 3.63) is 84.0 Å². The molecule has 0 bridgehead atoms. The average molecular weight is 444 g/mol. The summed E-state index contributed by atoms with van der Waals surface area (Å²) in [6.45, 7) is 6.23. The van der Waals surface area contributed by atoms with Crippen LogP contribution in [0.25, 0.3) is 11.0 Å². The Bertz CT molecular complexity index is 1190. The second-order valence-electron chi connectivity index (χ2n) is 8.33. The number of benzene rings is 2. The minimum atomic E-state index is 0.750. The SMILES string of the molecule is CN=C(NCc1ccc(Cn2cnc3ccccc32)cc1)N1CCN(Cc2ccon2)CC1. The van der Waals surface area contributed by atoms with Gasteiger partial charge in [0.1, 0.15) is 6.26 Å². The van der Waals surface area contributed by atoms with Crippen LogP contribution in [0, 0.1) is 0 Å². The molecule has 1 N–H and O–H groups in total. The van der Waals surface area contributed by atoms with Gasteiger partial charge in [-0.1, -0.05) is 41.6 Å². The summed E-state index contributed by atoms with van der Waals surface area (Å²) in [6.07, 6.45) is 3.54. The van der Waals surface area contributed by atoms with Crippen molar-refractivity contribution in [1.29, 1.82) is 0 Å². The summed E-state index contributed by atoms with van der Waals surface area (Å²) in [5, 5.41) is 7.53. The summed E-state index contributed by atoms with van der Waals surface area (Å²) in [6, 6.07) is 18.9. The Morgan fingerprint density at radius 2 is 1.76 bits per heavy atom. The van der Waals surface area contributed by atoms with Gasteiger partial charge in [-0.15, -0.1) is 0 Å². The molecule has 1 aliphatic rings. The molecule has 8 heteroatoms. The molecule has 0 spiro atoms. The molecule has 170 valence electrons. The Morgan fingerprint density at radius 1 is 0.970 bits per heavy atom. The minimum absolute atomic E-state index is 0.750. The number of aliphatic imine (C=N–C) groups is 1. The van der Waals surface area contributed by atoms with Crippen molar-refractivity contribution in [3.63, 3.8) is 0 Å². The zero-order valence-corrected chi connectivity index (χ0v) is 18.9. The van der Waals surface area contributed by atoms with Crippen LogP contribution in [0.1, 0.15) is 16.8 Å². The van der Waals surface area contributed by atoms with Crippen LogP contribution in [-0.4, -0.2) is 63.7 Å². The highest BCUT2D eigenvalue weighted by atomic mass is 16.5. The molecular formula is C25H29N7O. The lowest BCUT2D eigenvalue weighted by Gasteiger charge is -2.36. The van der Waals surface area contributed by atoms with Gasteiger partial charge in [0.15, 0.2) is 5.96 Å². The first-order chi connectivity index (χ1) is 16.3. The zero-order chi connectivity index (χ0) is 22.5. The van der Waals surface area contributed by atoms with Crippen molar-refractivity contribution >= 4 is 17.0 Å². The number of piperazine rings is 1. The Balaban J connectivity index is 1.12. The smallest absolute Gasteiger partial charge is 0.194 e. The summed E-state index contributed by atoms with van der Waals surface area (Å²) in [5.41, 5.74) is 5.67. The van der Waals surface area contributed by atoms with E-state index in [0.717, 1.165) is 68.5 Å². The summed E-state index contributed by atoms with van der Waals surface area (Å²) >= 11 is 0. The molecule has 1 aliphatic heterocycles. The zero-order valence-electron chi connectivity index (χ0n) is 18.9. The number of para-hydroxylation sites is 2. The van der Waals surface area contributed by atoms with Gasteiger partial charge < -0.3 is 19.3 Å². The molecule has 2 aromatic carbocycles. The first kappa shape index (κ1) is 21.2. The van der Waals surface area contributed by atoms with E-state index in [1.165, 1.54) is 11.1 Å². The standard InChI is InChI=1S/C25H29N7O/c1-26-25(31-13-11-30(12-14-31)18-22-10-15-33-29-22)27-16-20-6-8-21(9-7-20)17-32-19-28-23-4-2-3-5-24(23)32/h2-10,15,19H,11-14,16-18H2,1H3,(H,26,27). The predicted molar refractivity (Wildman–Crippen MR) is 129 cm³/mol. The first-order valence-electron chi connectivity index (χ1n) is 11.3. The van der Waals surface area contributed by atoms with Crippen LogP contribution in [-0.2, 0) is 19.6 Å². The maximum atomic E-state index is 4.94. The van der Waals surface area contributed by atoms with Crippen LogP contribution >= 0.6 is 0 Å². The van der Waals surface area contributed by atoms with Crippen molar-refractivity contribution in [2.45, 2.75) is 19.6 Å². The first-order valence-corrected chi connectivity index (χ1v) is 11.3. The molecule has 0 unspecified atom stereocenters. The van der Waals surface area contributed by atoms with Gasteiger partial charge in [-0.25, -0.2) is 4.98 Å². The second-order valence-corrected chi connectivity index (χ2v) is 8.33. The monoisotopic (exact) mass is 443 g/mol. The average Bonchev–Trinajstić information content (AvgIpc) is 3.52. The number of aromatic nitrogens is 3. The van der Waals surface area contributed by atoms with Gasteiger partial charge in [0.05, 0.1) is 23.1 Å². The van der Waals surface area contributed by atoms with Crippen molar-refractivity contribution in [1.82, 2.24) is 29.8 Å². The van der Waals surface area contributed by atoms with Crippen molar-refractivity contribution in [2.75, 3.05) is 33.2 Å². The molecule has 1 saturated heterocycles. The van der Waals surface area contributed by atoms with E-state index in [2.05, 4.69) is 71.2 Å². The van der Waals surface area contributed by atoms with Crippen LogP contribution in [0.15, 0.2) is 76.7 Å². The fourth-order valence-corrected chi connectivity index (χ4v) is 4.27. The molecule has 0 saturated carbocycles. The van der Waals surface area contributed by atoms with E-state index in [1.807, 2.05) is 31.6 Å². The molecule has 2 aromatic heterocycles. The fourth-order valence-electron chi connectivity index (χ4n) is 4.27. The van der Waals surface area contributed by atoms with Crippen LogP contribution in [0.3, 0.4) is 0 Å². The molecule has 5 rings (SSSR count). The number of fused-ring (bicyclic) bond motifs is 1. The van der Waals surface area contributed by atoms with Gasteiger partial charge in [-0.2, -0.15) is 0 Å². The Labute approximate surface area is 193 Å². The molecule has 3 heterocycles. The summed E-state index contributed by atoms with van der Waals surface area (Å²) in [5.74, 6) is 0.949. The number of nitrogens with zero attached hydrogens (tertiary/aromatic N) is 6. The third-order valence-corrected chi connectivity index (χ3v) is 6.11. The van der Waals surface area contributed by atoms with E-state index in [1.54, 1.807) is 6.26 Å². The Morgan fingerprint density at radius 3 is 2.52 bits per heavy atom.